The quantitative estimate of drug-likeness (QED) is 0.771. The van der Waals surface area contributed by atoms with Crippen LogP contribution in [0.5, 0.6) is 0 Å². The number of carbonyl (C=O) groups excluding carboxylic acids is 1. The summed E-state index contributed by atoms with van der Waals surface area (Å²) in [5, 5.41) is 4.42. The van der Waals surface area contributed by atoms with Gasteiger partial charge in [-0.05, 0) is 35.2 Å². The topological polar surface area (TPSA) is 44.1 Å². The molecular formula is C14H23BrN2O2. The average molecular weight is 331 g/mol. The van der Waals surface area contributed by atoms with Gasteiger partial charge in [-0.25, -0.2) is 0 Å². The van der Waals surface area contributed by atoms with E-state index in [2.05, 4.69) is 28.0 Å². The van der Waals surface area contributed by atoms with Crippen LogP contribution in [0.4, 0.5) is 0 Å². The lowest BCUT2D eigenvalue weighted by Gasteiger charge is -2.28. The molecule has 0 amide bonds. The summed E-state index contributed by atoms with van der Waals surface area (Å²) in [4.78, 5) is 12.5. The normalized spacial score (nSPS) is 11.9. The third-order valence-electron chi connectivity index (χ3n) is 3.87. The zero-order chi connectivity index (χ0) is 14.6. The van der Waals surface area contributed by atoms with E-state index in [1.54, 1.807) is 11.8 Å². The molecule has 0 aromatic carbocycles. The summed E-state index contributed by atoms with van der Waals surface area (Å²) in [7, 11) is 3.49. The molecule has 0 N–H and O–H groups in total. The smallest absolute Gasteiger partial charge is 0.170 e. The van der Waals surface area contributed by atoms with Crippen molar-refractivity contribution in [2.24, 2.45) is 7.05 Å². The SMILES string of the molecule is CCc1nn(C)c(CC(=O)C(CC)(CC)OC)c1Br. The number of rotatable bonds is 7. The van der Waals surface area contributed by atoms with Crippen molar-refractivity contribution in [3.8, 4) is 0 Å². The maximum Gasteiger partial charge on any atom is 0.170 e. The molecule has 0 aliphatic heterocycles. The van der Waals surface area contributed by atoms with Gasteiger partial charge in [-0.3, -0.25) is 9.48 Å². The van der Waals surface area contributed by atoms with Crippen LogP contribution < -0.4 is 0 Å². The summed E-state index contributed by atoms with van der Waals surface area (Å²) in [5.41, 5.74) is 1.24. The third kappa shape index (κ3) is 3.08. The van der Waals surface area contributed by atoms with Gasteiger partial charge in [0, 0.05) is 14.2 Å². The fourth-order valence-electron chi connectivity index (χ4n) is 2.37. The van der Waals surface area contributed by atoms with Crippen molar-refractivity contribution >= 4 is 21.7 Å². The first-order valence-electron chi connectivity index (χ1n) is 6.74. The van der Waals surface area contributed by atoms with Gasteiger partial charge >= 0.3 is 0 Å². The number of ether oxygens (including phenoxy) is 1. The lowest BCUT2D eigenvalue weighted by molar-refractivity contribution is -0.141. The molecule has 1 rings (SSSR count). The second-order valence-corrected chi connectivity index (χ2v) is 5.48. The molecule has 0 saturated carbocycles. The lowest BCUT2D eigenvalue weighted by Crippen LogP contribution is -2.40. The van der Waals surface area contributed by atoms with Gasteiger partial charge in [0.15, 0.2) is 5.78 Å². The molecule has 108 valence electrons. The highest BCUT2D eigenvalue weighted by atomic mass is 79.9. The first-order chi connectivity index (χ1) is 8.95. The van der Waals surface area contributed by atoms with E-state index in [-0.39, 0.29) is 5.78 Å². The molecule has 0 aliphatic rings. The molecule has 1 aromatic heterocycles. The van der Waals surface area contributed by atoms with Crippen LogP contribution in [0.3, 0.4) is 0 Å². The Balaban J connectivity index is 3.02. The number of Topliss-reactive ketones (excluding diaryl/α,β-unsaturated/α-hetero) is 1. The molecule has 5 heteroatoms. The van der Waals surface area contributed by atoms with E-state index in [4.69, 9.17) is 4.74 Å². The van der Waals surface area contributed by atoms with Crippen LogP contribution in [0.1, 0.15) is 45.0 Å². The van der Waals surface area contributed by atoms with Crippen molar-refractivity contribution in [3.63, 3.8) is 0 Å². The number of ketones is 1. The van der Waals surface area contributed by atoms with E-state index in [9.17, 15) is 4.79 Å². The highest BCUT2D eigenvalue weighted by molar-refractivity contribution is 9.10. The van der Waals surface area contributed by atoms with Crippen molar-refractivity contribution in [2.45, 2.75) is 52.1 Å². The zero-order valence-electron chi connectivity index (χ0n) is 12.4. The molecule has 0 radical (unpaired) electrons. The first kappa shape index (κ1) is 16.4. The Bertz CT molecular complexity index is 442. The van der Waals surface area contributed by atoms with E-state index < -0.39 is 5.60 Å². The van der Waals surface area contributed by atoms with Gasteiger partial charge in [-0.2, -0.15) is 5.10 Å². The Labute approximate surface area is 123 Å². The van der Waals surface area contributed by atoms with Crippen molar-refractivity contribution in [2.75, 3.05) is 7.11 Å². The maximum atomic E-state index is 12.5. The zero-order valence-corrected chi connectivity index (χ0v) is 14.0. The summed E-state index contributed by atoms with van der Waals surface area (Å²) < 4.78 is 8.22. The summed E-state index contributed by atoms with van der Waals surface area (Å²) in [6.07, 6.45) is 2.57. The van der Waals surface area contributed by atoms with Crippen LogP contribution in [0.15, 0.2) is 4.47 Å². The number of aromatic nitrogens is 2. The number of methoxy groups -OCH3 is 1. The minimum atomic E-state index is -0.671. The van der Waals surface area contributed by atoms with Gasteiger partial charge in [0.25, 0.3) is 0 Å². The highest BCUT2D eigenvalue weighted by Gasteiger charge is 2.35. The largest absolute Gasteiger partial charge is 0.370 e. The summed E-state index contributed by atoms with van der Waals surface area (Å²) in [6, 6.07) is 0. The number of nitrogens with zero attached hydrogens (tertiary/aromatic N) is 2. The average Bonchev–Trinajstić information content (AvgIpc) is 2.69. The van der Waals surface area contributed by atoms with Crippen molar-refractivity contribution in [3.05, 3.63) is 15.9 Å². The van der Waals surface area contributed by atoms with Crippen molar-refractivity contribution < 1.29 is 9.53 Å². The third-order valence-corrected chi connectivity index (χ3v) is 4.79. The summed E-state index contributed by atoms with van der Waals surface area (Å²) in [5.74, 6) is 0.117. The van der Waals surface area contributed by atoms with Crippen molar-refractivity contribution in [1.82, 2.24) is 9.78 Å². The highest BCUT2D eigenvalue weighted by Crippen LogP contribution is 2.27. The van der Waals surface area contributed by atoms with Crippen LogP contribution in [0, 0.1) is 0 Å². The molecule has 0 spiro atoms. The molecule has 0 atom stereocenters. The molecular weight excluding hydrogens is 308 g/mol. The Kier molecular flexibility index (Phi) is 5.74. The summed E-state index contributed by atoms with van der Waals surface area (Å²) in [6.45, 7) is 6.03. The predicted octanol–water partition coefficient (Wildman–Crippen LogP) is 3.06. The Morgan fingerprint density at radius 1 is 1.37 bits per heavy atom. The molecule has 0 fully saturated rings. The molecule has 0 saturated heterocycles. The van der Waals surface area contributed by atoms with Gasteiger partial charge < -0.3 is 4.74 Å². The van der Waals surface area contributed by atoms with Gasteiger partial charge in [-0.15, -0.1) is 0 Å². The van der Waals surface area contributed by atoms with E-state index in [0.29, 0.717) is 19.3 Å². The molecule has 0 aliphatic carbocycles. The fraction of sp³-hybridized carbons (Fsp3) is 0.714. The van der Waals surface area contributed by atoms with E-state index >= 15 is 0 Å². The number of hydrogen-bond acceptors (Lipinski definition) is 3. The van der Waals surface area contributed by atoms with Crippen LogP contribution in [0.2, 0.25) is 0 Å². The van der Waals surface area contributed by atoms with E-state index in [1.807, 2.05) is 20.9 Å². The van der Waals surface area contributed by atoms with Gasteiger partial charge in [-0.1, -0.05) is 20.8 Å². The summed E-state index contributed by atoms with van der Waals surface area (Å²) >= 11 is 3.55. The fourth-order valence-corrected chi connectivity index (χ4v) is 3.13. The number of halogens is 1. The Hall–Kier alpha value is -0.680. The standard InChI is InChI=1S/C14H23BrN2O2/c1-6-10-13(15)11(17(4)16-10)9-12(18)14(7-2,8-3)19-5/h6-9H2,1-5H3. The van der Waals surface area contributed by atoms with E-state index in [0.717, 1.165) is 22.3 Å². The number of aryl methyl sites for hydroxylation is 2. The molecule has 19 heavy (non-hydrogen) atoms. The van der Waals surface area contributed by atoms with Gasteiger partial charge in [0.2, 0.25) is 0 Å². The van der Waals surface area contributed by atoms with Crippen LogP contribution in [-0.2, 0) is 29.4 Å². The second kappa shape index (κ2) is 6.66. The van der Waals surface area contributed by atoms with E-state index in [1.165, 1.54) is 0 Å². The molecule has 1 aromatic rings. The first-order valence-corrected chi connectivity index (χ1v) is 7.53. The number of carbonyl (C=O) groups is 1. The molecule has 0 bridgehead atoms. The van der Waals surface area contributed by atoms with Gasteiger partial charge in [0.05, 0.1) is 22.3 Å². The van der Waals surface area contributed by atoms with Crippen LogP contribution in [0.25, 0.3) is 0 Å². The van der Waals surface area contributed by atoms with Gasteiger partial charge in [0.1, 0.15) is 5.60 Å². The predicted molar refractivity (Wildman–Crippen MR) is 79.3 cm³/mol. The monoisotopic (exact) mass is 330 g/mol. The minimum Gasteiger partial charge on any atom is -0.370 e. The minimum absolute atomic E-state index is 0.117. The van der Waals surface area contributed by atoms with Crippen molar-refractivity contribution in [1.29, 1.82) is 0 Å². The lowest BCUT2D eigenvalue weighted by atomic mass is 9.89. The van der Waals surface area contributed by atoms with Crippen LogP contribution in [-0.4, -0.2) is 28.3 Å². The Morgan fingerprint density at radius 3 is 2.32 bits per heavy atom. The maximum absolute atomic E-state index is 12.5. The molecule has 0 unspecified atom stereocenters. The molecule has 4 nitrogen and oxygen atoms in total. The van der Waals surface area contributed by atoms with Crippen LogP contribution >= 0.6 is 15.9 Å². The second-order valence-electron chi connectivity index (χ2n) is 4.69. The number of hydrogen-bond donors (Lipinski definition) is 0. The Morgan fingerprint density at radius 2 is 1.95 bits per heavy atom. The molecule has 1 heterocycles.